The maximum Gasteiger partial charge on any atom is 0.275 e. The van der Waals surface area contributed by atoms with Crippen LogP contribution in [-0.4, -0.2) is 58.6 Å². The van der Waals surface area contributed by atoms with E-state index in [-0.39, 0.29) is 17.8 Å². The van der Waals surface area contributed by atoms with E-state index in [1.807, 2.05) is 6.92 Å². The Labute approximate surface area is 146 Å². The summed E-state index contributed by atoms with van der Waals surface area (Å²) in [6, 6.07) is 3.58. The summed E-state index contributed by atoms with van der Waals surface area (Å²) in [4.78, 5) is 19.2. The van der Waals surface area contributed by atoms with E-state index in [1.54, 1.807) is 18.3 Å². The molecule has 2 aliphatic heterocycles. The van der Waals surface area contributed by atoms with Crippen LogP contribution < -0.4 is 5.32 Å². The number of ether oxygens (including phenoxy) is 1. The van der Waals surface area contributed by atoms with Crippen molar-refractivity contribution in [2.75, 3.05) is 26.3 Å². The second-order valence-electron chi connectivity index (χ2n) is 6.96. The topological polar surface area (TPSA) is 58.9 Å². The van der Waals surface area contributed by atoms with E-state index in [9.17, 15) is 9.18 Å². The third kappa shape index (κ3) is 3.14. The Kier molecular flexibility index (Phi) is 4.43. The lowest BCUT2D eigenvalue weighted by atomic mass is 10.0. The van der Waals surface area contributed by atoms with Gasteiger partial charge in [0, 0.05) is 6.20 Å². The maximum atomic E-state index is 14.5. The van der Waals surface area contributed by atoms with Crippen LogP contribution >= 0.6 is 0 Å². The van der Waals surface area contributed by atoms with E-state index in [4.69, 9.17) is 4.74 Å². The summed E-state index contributed by atoms with van der Waals surface area (Å²) in [5.74, 6) is -1.10. The van der Waals surface area contributed by atoms with Gasteiger partial charge in [0.25, 0.3) is 5.91 Å². The largest absolute Gasteiger partial charge is 0.378 e. The summed E-state index contributed by atoms with van der Waals surface area (Å²) < 4.78 is 21.4. The molecule has 4 rings (SSSR count). The number of pyridine rings is 1. The molecular weight excluding hydrogens is 323 g/mol. The second-order valence-corrected chi connectivity index (χ2v) is 6.96. The van der Waals surface area contributed by atoms with Crippen molar-refractivity contribution in [3.63, 3.8) is 0 Å². The number of aryl methyl sites for hydroxylation is 1. The summed E-state index contributed by atoms with van der Waals surface area (Å²) in [5, 5.41) is 2.94. The number of hydrogen-bond donors (Lipinski definition) is 1. The van der Waals surface area contributed by atoms with Gasteiger partial charge in [0.05, 0.1) is 25.3 Å². The Balaban J connectivity index is 1.52. The normalized spacial score (nSPS) is 24.7. The molecule has 1 amide bonds. The average Bonchev–Trinajstić information content (AvgIpc) is 3.20. The number of nitrogens with zero attached hydrogens (tertiary/aromatic N) is 3. The first-order valence-electron chi connectivity index (χ1n) is 8.90. The Morgan fingerprint density at radius 1 is 1.32 bits per heavy atom. The van der Waals surface area contributed by atoms with Crippen LogP contribution in [0.25, 0.3) is 5.65 Å². The van der Waals surface area contributed by atoms with Crippen LogP contribution in [0.1, 0.15) is 35.3 Å². The summed E-state index contributed by atoms with van der Waals surface area (Å²) >= 11 is 0. The molecule has 1 N–H and O–H groups in total. The lowest BCUT2D eigenvalue weighted by Gasteiger charge is -2.34. The molecule has 0 radical (unpaired) electrons. The number of fused-ring (bicyclic) bond motifs is 1. The Morgan fingerprint density at radius 3 is 2.92 bits per heavy atom. The minimum absolute atomic E-state index is 0.128. The van der Waals surface area contributed by atoms with Crippen LogP contribution in [0.4, 0.5) is 4.39 Å². The monoisotopic (exact) mass is 346 g/mol. The van der Waals surface area contributed by atoms with E-state index < -0.39 is 11.9 Å². The highest BCUT2D eigenvalue weighted by atomic mass is 19.1. The summed E-state index contributed by atoms with van der Waals surface area (Å²) in [6.07, 6.45) is 5.21. The third-order valence-corrected chi connectivity index (χ3v) is 5.17. The predicted molar refractivity (Wildman–Crippen MR) is 91.2 cm³/mol. The van der Waals surface area contributed by atoms with Crippen molar-refractivity contribution >= 4 is 11.6 Å². The molecule has 0 spiro atoms. The molecule has 2 aliphatic rings. The number of rotatable bonds is 3. The number of aromatic nitrogens is 2. The molecule has 7 heteroatoms. The van der Waals surface area contributed by atoms with Crippen molar-refractivity contribution < 1.29 is 13.9 Å². The lowest BCUT2D eigenvalue weighted by molar-refractivity contribution is 0.0891. The number of carbonyl (C=O) groups is 1. The fraction of sp³-hybridized carbons (Fsp3) is 0.556. The van der Waals surface area contributed by atoms with Gasteiger partial charge in [0.1, 0.15) is 5.65 Å². The van der Waals surface area contributed by atoms with Gasteiger partial charge in [0.2, 0.25) is 5.95 Å². The van der Waals surface area contributed by atoms with Crippen LogP contribution in [-0.2, 0) is 4.74 Å². The van der Waals surface area contributed by atoms with Crippen molar-refractivity contribution in [2.45, 2.75) is 38.3 Å². The molecule has 2 fully saturated rings. The average molecular weight is 346 g/mol. The van der Waals surface area contributed by atoms with Crippen LogP contribution in [0.3, 0.4) is 0 Å². The highest BCUT2D eigenvalue weighted by Crippen LogP contribution is 2.20. The highest BCUT2D eigenvalue weighted by Gasteiger charge is 2.35. The molecule has 4 heterocycles. The predicted octanol–water partition coefficient (Wildman–Crippen LogP) is 1.76. The first-order valence-corrected chi connectivity index (χ1v) is 8.90. The lowest BCUT2D eigenvalue weighted by Crippen LogP contribution is -2.52. The number of imidazole rings is 1. The fourth-order valence-electron chi connectivity index (χ4n) is 3.79. The fourth-order valence-corrected chi connectivity index (χ4v) is 3.79. The standard InChI is InChI=1S/C18H23FN4O2/c1-12-5-8-23-15(9-12)21-16(17(23)19)18(24)20-13-10-25-11-14(13)22-6-3-2-4-7-22/h5,8-9,13-14H,2-4,6-7,10-11H2,1H3,(H,20,24)/t13-,14-/m0/s1. The van der Waals surface area contributed by atoms with Crippen molar-refractivity contribution in [1.29, 1.82) is 0 Å². The number of halogens is 1. The van der Waals surface area contributed by atoms with Gasteiger partial charge in [-0.3, -0.25) is 14.1 Å². The Hall–Kier alpha value is -1.99. The number of hydrogen-bond acceptors (Lipinski definition) is 4. The first-order chi connectivity index (χ1) is 12.1. The van der Waals surface area contributed by atoms with Crippen molar-refractivity contribution in [3.05, 3.63) is 35.5 Å². The van der Waals surface area contributed by atoms with Gasteiger partial charge in [-0.25, -0.2) is 4.98 Å². The highest BCUT2D eigenvalue weighted by molar-refractivity contribution is 5.93. The van der Waals surface area contributed by atoms with Gasteiger partial charge in [0.15, 0.2) is 5.69 Å². The molecule has 0 unspecified atom stereocenters. The van der Waals surface area contributed by atoms with E-state index in [0.717, 1.165) is 18.7 Å². The summed E-state index contributed by atoms with van der Waals surface area (Å²) in [5.41, 5.74) is 1.26. The molecule has 25 heavy (non-hydrogen) atoms. The van der Waals surface area contributed by atoms with Crippen LogP contribution in [0.5, 0.6) is 0 Å². The quantitative estimate of drug-likeness (QED) is 0.920. The third-order valence-electron chi connectivity index (χ3n) is 5.17. The first kappa shape index (κ1) is 16.5. The zero-order valence-electron chi connectivity index (χ0n) is 14.4. The smallest absolute Gasteiger partial charge is 0.275 e. The van der Waals surface area contributed by atoms with Crippen LogP contribution in [0, 0.1) is 12.9 Å². The van der Waals surface area contributed by atoms with Gasteiger partial charge >= 0.3 is 0 Å². The minimum atomic E-state index is -0.624. The molecule has 134 valence electrons. The van der Waals surface area contributed by atoms with Crippen LogP contribution in [0.15, 0.2) is 18.3 Å². The Bertz CT molecular complexity index is 785. The van der Waals surface area contributed by atoms with Crippen molar-refractivity contribution in [1.82, 2.24) is 19.6 Å². The van der Waals surface area contributed by atoms with Gasteiger partial charge in [-0.2, -0.15) is 4.39 Å². The molecule has 2 atom stereocenters. The SMILES string of the molecule is Cc1ccn2c(F)c(C(=O)N[C@H]3COC[C@@H]3N3CCCCC3)nc2c1. The van der Waals surface area contributed by atoms with E-state index >= 15 is 0 Å². The zero-order chi connectivity index (χ0) is 17.4. The molecule has 0 aliphatic carbocycles. The zero-order valence-corrected chi connectivity index (χ0v) is 14.4. The number of carbonyl (C=O) groups excluding carboxylic acids is 1. The van der Waals surface area contributed by atoms with Gasteiger partial charge in [-0.1, -0.05) is 6.42 Å². The second kappa shape index (κ2) is 6.72. The number of amides is 1. The molecule has 2 saturated heterocycles. The Morgan fingerprint density at radius 2 is 2.12 bits per heavy atom. The van der Waals surface area contributed by atoms with E-state index in [1.165, 1.54) is 23.7 Å². The number of likely N-dealkylation sites (tertiary alicyclic amines) is 1. The van der Waals surface area contributed by atoms with E-state index in [0.29, 0.717) is 18.9 Å². The molecule has 0 saturated carbocycles. The number of nitrogens with one attached hydrogen (secondary N) is 1. The number of piperidine rings is 1. The van der Waals surface area contributed by atoms with E-state index in [2.05, 4.69) is 15.2 Å². The maximum absolute atomic E-state index is 14.5. The van der Waals surface area contributed by atoms with Crippen molar-refractivity contribution in [2.24, 2.45) is 0 Å². The van der Waals surface area contributed by atoms with Gasteiger partial charge in [-0.15, -0.1) is 0 Å². The van der Waals surface area contributed by atoms with Gasteiger partial charge < -0.3 is 10.1 Å². The molecule has 2 aromatic rings. The summed E-state index contributed by atoms with van der Waals surface area (Å²) in [7, 11) is 0. The minimum Gasteiger partial charge on any atom is -0.378 e. The molecular formula is C18H23FN4O2. The molecule has 0 aromatic carbocycles. The van der Waals surface area contributed by atoms with Crippen molar-refractivity contribution in [3.8, 4) is 0 Å². The summed E-state index contributed by atoms with van der Waals surface area (Å²) in [6.45, 7) is 5.04. The molecule has 2 aromatic heterocycles. The van der Waals surface area contributed by atoms with Gasteiger partial charge in [-0.05, 0) is 50.6 Å². The van der Waals surface area contributed by atoms with Crippen LogP contribution in [0.2, 0.25) is 0 Å². The molecule has 6 nitrogen and oxygen atoms in total. The molecule has 0 bridgehead atoms.